The normalized spacial score (nSPS) is 10.2. The summed E-state index contributed by atoms with van der Waals surface area (Å²) in [6.45, 7) is 1.86. The van der Waals surface area contributed by atoms with E-state index in [1.807, 2.05) is 6.07 Å². The first kappa shape index (κ1) is 20.2. The molecule has 0 aliphatic carbocycles. The molecule has 2 amide bonds. The summed E-state index contributed by atoms with van der Waals surface area (Å²) in [5.41, 5.74) is 1.59. The van der Waals surface area contributed by atoms with E-state index in [1.165, 1.54) is 31.1 Å². The van der Waals surface area contributed by atoms with Gasteiger partial charge in [0, 0.05) is 20.0 Å². The number of nitrogens with one attached hydrogen (secondary N) is 1. The number of amides is 2. The van der Waals surface area contributed by atoms with Crippen LogP contribution in [0.1, 0.15) is 18.1 Å². The number of rotatable bonds is 8. The fraction of sp³-hybridized carbons (Fsp3) is 0.300. The van der Waals surface area contributed by atoms with Gasteiger partial charge in [-0.3, -0.25) is 9.59 Å². The fourth-order valence-electron chi connectivity index (χ4n) is 2.51. The lowest BCUT2D eigenvalue weighted by molar-refractivity contribution is -0.135. The Kier molecular flexibility index (Phi) is 7.16. The summed E-state index contributed by atoms with van der Waals surface area (Å²) in [6.07, 6.45) is 0. The van der Waals surface area contributed by atoms with Crippen LogP contribution >= 0.6 is 0 Å². The van der Waals surface area contributed by atoms with Gasteiger partial charge in [0.1, 0.15) is 5.82 Å². The Hall–Kier alpha value is -3.09. The van der Waals surface area contributed by atoms with E-state index in [9.17, 15) is 14.0 Å². The Morgan fingerprint density at radius 2 is 1.63 bits per heavy atom. The molecule has 6 nitrogen and oxygen atoms in total. The summed E-state index contributed by atoms with van der Waals surface area (Å²) in [4.78, 5) is 25.5. The molecule has 0 aromatic heterocycles. The molecule has 0 saturated heterocycles. The van der Waals surface area contributed by atoms with Crippen molar-refractivity contribution in [2.24, 2.45) is 0 Å². The van der Waals surface area contributed by atoms with Gasteiger partial charge in [-0.25, -0.2) is 4.39 Å². The van der Waals surface area contributed by atoms with E-state index in [0.29, 0.717) is 11.5 Å². The van der Waals surface area contributed by atoms with Crippen molar-refractivity contribution >= 4 is 11.8 Å². The second-order valence-corrected chi connectivity index (χ2v) is 5.97. The predicted molar refractivity (Wildman–Crippen MR) is 98.9 cm³/mol. The number of carbonyl (C=O) groups excluding carboxylic acids is 2. The molecule has 0 unspecified atom stereocenters. The van der Waals surface area contributed by atoms with Crippen LogP contribution in [-0.2, 0) is 22.7 Å². The van der Waals surface area contributed by atoms with Gasteiger partial charge in [0.05, 0.1) is 20.8 Å². The molecule has 0 bridgehead atoms. The quantitative estimate of drug-likeness (QED) is 0.771. The number of hydrogen-bond acceptors (Lipinski definition) is 4. The Bertz CT molecular complexity index is 793. The summed E-state index contributed by atoms with van der Waals surface area (Å²) in [5, 5.41) is 2.73. The zero-order valence-corrected chi connectivity index (χ0v) is 15.6. The molecular weight excluding hydrogens is 351 g/mol. The number of benzene rings is 2. The van der Waals surface area contributed by atoms with Crippen molar-refractivity contribution in [3.8, 4) is 11.5 Å². The van der Waals surface area contributed by atoms with Crippen molar-refractivity contribution in [3.63, 3.8) is 0 Å². The second-order valence-electron chi connectivity index (χ2n) is 5.97. The van der Waals surface area contributed by atoms with Crippen molar-refractivity contribution in [2.75, 3.05) is 20.8 Å². The monoisotopic (exact) mass is 374 g/mol. The highest BCUT2D eigenvalue weighted by molar-refractivity contribution is 5.83. The van der Waals surface area contributed by atoms with Gasteiger partial charge in [0.2, 0.25) is 11.8 Å². The van der Waals surface area contributed by atoms with E-state index in [1.54, 1.807) is 31.4 Å². The highest BCUT2D eigenvalue weighted by Crippen LogP contribution is 2.28. The summed E-state index contributed by atoms with van der Waals surface area (Å²) >= 11 is 0. The molecule has 1 N–H and O–H groups in total. The van der Waals surface area contributed by atoms with Gasteiger partial charge in [-0.15, -0.1) is 0 Å². The molecule has 2 aromatic rings. The van der Waals surface area contributed by atoms with Crippen LogP contribution in [0.15, 0.2) is 42.5 Å². The number of halogens is 1. The predicted octanol–water partition coefficient (Wildman–Crippen LogP) is 2.51. The van der Waals surface area contributed by atoms with Crippen LogP contribution in [0, 0.1) is 5.82 Å². The lowest BCUT2D eigenvalue weighted by Crippen LogP contribution is -2.39. The summed E-state index contributed by atoms with van der Waals surface area (Å²) in [7, 11) is 3.08. The minimum Gasteiger partial charge on any atom is -0.493 e. The zero-order chi connectivity index (χ0) is 19.8. The smallest absolute Gasteiger partial charge is 0.239 e. The average molecular weight is 374 g/mol. The van der Waals surface area contributed by atoms with Gasteiger partial charge in [-0.2, -0.15) is 0 Å². The highest BCUT2D eigenvalue weighted by atomic mass is 19.1. The van der Waals surface area contributed by atoms with Gasteiger partial charge < -0.3 is 19.7 Å². The summed E-state index contributed by atoms with van der Waals surface area (Å²) in [6, 6.07) is 11.2. The standard InChI is InChI=1S/C20H23FN2O4/c1-14(24)23(12-16-6-9-18(26-2)19(10-16)27-3)13-20(25)22-11-15-4-7-17(21)8-5-15/h4-10H,11-13H2,1-3H3,(H,22,25). The number of nitrogens with zero attached hydrogens (tertiary/aromatic N) is 1. The van der Waals surface area contributed by atoms with Crippen LogP contribution in [0.4, 0.5) is 4.39 Å². The van der Waals surface area contributed by atoms with E-state index in [-0.39, 0.29) is 37.3 Å². The Morgan fingerprint density at radius 1 is 1.00 bits per heavy atom. The molecule has 2 rings (SSSR count). The number of hydrogen-bond donors (Lipinski definition) is 1. The molecule has 0 saturated carbocycles. The van der Waals surface area contributed by atoms with Crippen molar-refractivity contribution in [1.29, 1.82) is 0 Å². The molecule has 0 radical (unpaired) electrons. The summed E-state index contributed by atoms with van der Waals surface area (Å²) < 4.78 is 23.4. The molecule has 0 aliphatic heterocycles. The molecule has 144 valence electrons. The van der Waals surface area contributed by atoms with E-state index < -0.39 is 0 Å². The van der Waals surface area contributed by atoms with Crippen LogP contribution < -0.4 is 14.8 Å². The topological polar surface area (TPSA) is 67.9 Å². The number of ether oxygens (including phenoxy) is 2. The maximum Gasteiger partial charge on any atom is 0.239 e. The van der Waals surface area contributed by atoms with E-state index >= 15 is 0 Å². The van der Waals surface area contributed by atoms with E-state index in [0.717, 1.165) is 11.1 Å². The highest BCUT2D eigenvalue weighted by Gasteiger charge is 2.15. The number of carbonyl (C=O) groups is 2. The lowest BCUT2D eigenvalue weighted by Gasteiger charge is -2.21. The summed E-state index contributed by atoms with van der Waals surface area (Å²) in [5.74, 6) is 0.298. The largest absolute Gasteiger partial charge is 0.493 e. The van der Waals surface area contributed by atoms with Crippen molar-refractivity contribution in [1.82, 2.24) is 10.2 Å². The van der Waals surface area contributed by atoms with Crippen molar-refractivity contribution in [3.05, 3.63) is 59.4 Å². The first-order valence-corrected chi connectivity index (χ1v) is 8.40. The van der Waals surface area contributed by atoms with Crippen molar-refractivity contribution in [2.45, 2.75) is 20.0 Å². The van der Waals surface area contributed by atoms with E-state index in [4.69, 9.17) is 9.47 Å². The first-order valence-electron chi connectivity index (χ1n) is 8.40. The van der Waals surface area contributed by atoms with Gasteiger partial charge in [-0.1, -0.05) is 18.2 Å². The Labute approximate surface area is 157 Å². The van der Waals surface area contributed by atoms with Gasteiger partial charge in [0.25, 0.3) is 0 Å². The van der Waals surface area contributed by atoms with Crippen LogP contribution in [-0.4, -0.2) is 37.5 Å². The Balaban J connectivity index is 1.97. The SMILES string of the molecule is COc1ccc(CN(CC(=O)NCc2ccc(F)cc2)C(C)=O)cc1OC. The Morgan fingerprint density at radius 3 is 2.22 bits per heavy atom. The van der Waals surface area contributed by atoms with Gasteiger partial charge in [-0.05, 0) is 35.4 Å². The molecule has 7 heteroatoms. The molecular formula is C20H23FN2O4. The third-order valence-electron chi connectivity index (χ3n) is 4.00. The van der Waals surface area contributed by atoms with E-state index in [2.05, 4.69) is 5.32 Å². The van der Waals surface area contributed by atoms with Crippen LogP contribution in [0.25, 0.3) is 0 Å². The van der Waals surface area contributed by atoms with Gasteiger partial charge in [0.15, 0.2) is 11.5 Å². The molecule has 0 heterocycles. The number of methoxy groups -OCH3 is 2. The third kappa shape index (κ3) is 5.99. The molecule has 0 spiro atoms. The molecule has 0 fully saturated rings. The lowest BCUT2D eigenvalue weighted by atomic mass is 10.2. The first-order chi connectivity index (χ1) is 12.9. The van der Waals surface area contributed by atoms with Crippen LogP contribution in [0.5, 0.6) is 11.5 Å². The molecule has 0 atom stereocenters. The van der Waals surface area contributed by atoms with Crippen molar-refractivity contribution < 1.29 is 23.5 Å². The molecule has 27 heavy (non-hydrogen) atoms. The maximum absolute atomic E-state index is 12.9. The minimum atomic E-state index is -0.331. The third-order valence-corrected chi connectivity index (χ3v) is 4.00. The maximum atomic E-state index is 12.9. The second kappa shape index (κ2) is 9.56. The minimum absolute atomic E-state index is 0.0785. The molecule has 2 aromatic carbocycles. The van der Waals surface area contributed by atoms with Crippen LogP contribution in [0.2, 0.25) is 0 Å². The average Bonchev–Trinajstić information content (AvgIpc) is 2.66. The van der Waals surface area contributed by atoms with Gasteiger partial charge >= 0.3 is 0 Å². The van der Waals surface area contributed by atoms with Crippen LogP contribution in [0.3, 0.4) is 0 Å². The molecule has 0 aliphatic rings. The fourth-order valence-corrected chi connectivity index (χ4v) is 2.51. The zero-order valence-electron chi connectivity index (χ0n) is 15.6.